The van der Waals surface area contributed by atoms with Gasteiger partial charge < -0.3 is 26.0 Å². The van der Waals surface area contributed by atoms with Crippen LogP contribution in [0.4, 0.5) is 9.18 Å². The Bertz CT molecular complexity index is 892. The minimum absolute atomic E-state index is 0.0618. The van der Waals surface area contributed by atoms with Crippen molar-refractivity contribution in [3.05, 3.63) is 35.1 Å². The number of likely N-dealkylation sites (tertiary alicyclic amines) is 1. The first kappa shape index (κ1) is 29.4. The topological polar surface area (TPSA) is 93.7 Å². The summed E-state index contributed by atoms with van der Waals surface area (Å²) in [5.74, 6) is -0.216. The number of aliphatic hydroxyl groups is 1. The third kappa shape index (κ3) is 8.40. The monoisotopic (exact) mass is 518 g/mol. The van der Waals surface area contributed by atoms with Gasteiger partial charge >= 0.3 is 6.03 Å². The van der Waals surface area contributed by atoms with Gasteiger partial charge in [0.2, 0.25) is 5.91 Å². The average molecular weight is 519 g/mol. The average Bonchev–Trinajstić information content (AvgIpc) is 2.88. The zero-order chi connectivity index (χ0) is 26.8. The Kier molecular flexibility index (Phi) is 11.2. The van der Waals surface area contributed by atoms with Crippen molar-refractivity contribution in [1.82, 2.24) is 20.9 Å². The smallest absolute Gasteiger partial charge is 0.317 e. The maximum Gasteiger partial charge on any atom is 0.317 e. The number of carbonyl (C=O) groups excluding carboxylic acids is 2. The number of hydrogen-bond acceptors (Lipinski definition) is 4. The molecule has 3 amide bonds. The minimum atomic E-state index is -1.43. The molecule has 7 nitrogen and oxygen atoms in total. The molecule has 2 aliphatic rings. The van der Waals surface area contributed by atoms with Gasteiger partial charge in [-0.25, -0.2) is 9.18 Å². The third-order valence-electron chi connectivity index (χ3n) is 8.20. The molecule has 0 bridgehead atoms. The maximum atomic E-state index is 15.1. The minimum Gasteiger partial charge on any atom is -0.385 e. The molecular formula is C29H47FN4O3. The summed E-state index contributed by atoms with van der Waals surface area (Å²) in [6, 6.07) is 4.79. The van der Waals surface area contributed by atoms with E-state index in [-0.39, 0.29) is 29.5 Å². The van der Waals surface area contributed by atoms with Crippen LogP contribution in [0.5, 0.6) is 0 Å². The molecule has 8 heteroatoms. The highest BCUT2D eigenvalue weighted by Crippen LogP contribution is 2.41. The van der Waals surface area contributed by atoms with Crippen molar-refractivity contribution in [3.8, 4) is 0 Å². The van der Waals surface area contributed by atoms with Crippen molar-refractivity contribution in [1.29, 1.82) is 0 Å². The predicted octanol–water partition coefficient (Wildman–Crippen LogP) is 4.22. The highest BCUT2D eigenvalue weighted by Gasteiger charge is 2.43. The summed E-state index contributed by atoms with van der Waals surface area (Å²) in [5.41, 5.74) is -0.271. The molecule has 0 radical (unpaired) electrons. The number of hydrogen-bond donors (Lipinski definition) is 4. The Morgan fingerprint density at radius 1 is 1.19 bits per heavy atom. The maximum absolute atomic E-state index is 15.1. The van der Waals surface area contributed by atoms with E-state index in [0.717, 1.165) is 24.9 Å². The van der Waals surface area contributed by atoms with E-state index in [2.05, 4.69) is 16.0 Å². The Hall–Kier alpha value is -2.19. The van der Waals surface area contributed by atoms with Crippen molar-refractivity contribution < 1.29 is 19.1 Å². The van der Waals surface area contributed by atoms with Crippen molar-refractivity contribution in [2.45, 2.75) is 89.7 Å². The Morgan fingerprint density at radius 3 is 2.65 bits per heavy atom. The van der Waals surface area contributed by atoms with Crippen molar-refractivity contribution >= 4 is 11.9 Å². The van der Waals surface area contributed by atoms with Gasteiger partial charge in [0.05, 0.1) is 5.60 Å². The van der Waals surface area contributed by atoms with Crippen LogP contribution < -0.4 is 16.0 Å². The first-order valence-corrected chi connectivity index (χ1v) is 14.2. The lowest BCUT2D eigenvalue weighted by Gasteiger charge is -2.43. The molecule has 1 aliphatic heterocycles. The highest BCUT2D eigenvalue weighted by atomic mass is 19.1. The normalized spacial score (nSPS) is 21.2. The van der Waals surface area contributed by atoms with Crippen LogP contribution in [-0.2, 0) is 10.4 Å². The quantitative estimate of drug-likeness (QED) is 0.330. The summed E-state index contributed by atoms with van der Waals surface area (Å²) in [5, 5.41) is 21.3. The number of rotatable bonds is 11. The van der Waals surface area contributed by atoms with Crippen LogP contribution in [0.2, 0.25) is 0 Å². The zero-order valence-corrected chi connectivity index (χ0v) is 23.0. The lowest BCUT2D eigenvalue weighted by molar-refractivity contribution is -0.119. The number of aryl methyl sites for hydroxylation is 1. The number of piperidine rings is 1. The van der Waals surface area contributed by atoms with Gasteiger partial charge in [-0.1, -0.05) is 49.8 Å². The standard InChI is InChI=1S/C29H47FN4O3/c1-21-12-13-27(30)26(17-21)29(37,14-8-15-32-22(2)35)24-11-7-16-34(20-24)28(36)33-25(19-31-3)18-23-9-5-4-6-10-23/h12-13,17,23-25,31,37H,4-11,14-16,18-20H2,1-3H3,(H,32,35)(H,33,36)/t24-,25?,29+/m1/s1. The van der Waals surface area contributed by atoms with E-state index in [1.165, 1.54) is 45.1 Å². The number of urea groups is 1. The summed E-state index contributed by atoms with van der Waals surface area (Å²) >= 11 is 0. The van der Waals surface area contributed by atoms with Gasteiger partial charge in [-0.3, -0.25) is 4.79 Å². The molecule has 1 aromatic rings. The molecule has 0 spiro atoms. The Balaban J connectivity index is 1.72. The van der Waals surface area contributed by atoms with Gasteiger partial charge in [-0.2, -0.15) is 0 Å². The Morgan fingerprint density at radius 2 is 1.95 bits per heavy atom. The lowest BCUT2D eigenvalue weighted by Crippen LogP contribution is -2.54. The molecule has 4 N–H and O–H groups in total. The third-order valence-corrected chi connectivity index (χ3v) is 8.20. The molecule has 1 saturated carbocycles. The van der Waals surface area contributed by atoms with Gasteiger partial charge in [0, 0.05) is 50.6 Å². The number of carbonyl (C=O) groups is 2. The molecule has 1 aliphatic carbocycles. The fourth-order valence-electron chi connectivity index (χ4n) is 6.23. The van der Waals surface area contributed by atoms with Crippen molar-refractivity contribution in [2.24, 2.45) is 11.8 Å². The van der Waals surface area contributed by atoms with Gasteiger partial charge in [-0.05, 0) is 58.1 Å². The van der Waals surface area contributed by atoms with E-state index in [1.54, 1.807) is 17.0 Å². The zero-order valence-electron chi connectivity index (χ0n) is 23.0. The first-order chi connectivity index (χ1) is 17.7. The molecule has 1 unspecified atom stereocenters. The second kappa shape index (κ2) is 14.1. The van der Waals surface area contributed by atoms with Gasteiger partial charge in [0.1, 0.15) is 5.82 Å². The summed E-state index contributed by atoms with van der Waals surface area (Å²) in [6.07, 6.45) is 9.56. The van der Waals surface area contributed by atoms with Gasteiger partial charge in [-0.15, -0.1) is 0 Å². The van der Waals surface area contributed by atoms with Crippen LogP contribution in [0.3, 0.4) is 0 Å². The molecule has 3 rings (SSSR count). The van der Waals surface area contributed by atoms with E-state index >= 15 is 4.39 Å². The number of nitrogens with one attached hydrogen (secondary N) is 3. The highest BCUT2D eigenvalue weighted by molar-refractivity contribution is 5.74. The first-order valence-electron chi connectivity index (χ1n) is 14.2. The molecule has 37 heavy (non-hydrogen) atoms. The Labute approximate surface area is 222 Å². The van der Waals surface area contributed by atoms with E-state index < -0.39 is 11.4 Å². The van der Waals surface area contributed by atoms with E-state index in [0.29, 0.717) is 44.8 Å². The number of likely N-dealkylation sites (N-methyl/N-ethyl adjacent to an activating group) is 1. The predicted molar refractivity (Wildman–Crippen MR) is 145 cm³/mol. The van der Waals surface area contributed by atoms with Crippen LogP contribution in [0.1, 0.15) is 82.3 Å². The fraction of sp³-hybridized carbons (Fsp3) is 0.724. The van der Waals surface area contributed by atoms with Crippen molar-refractivity contribution in [2.75, 3.05) is 33.2 Å². The summed E-state index contributed by atoms with van der Waals surface area (Å²) in [7, 11) is 1.91. The molecule has 2 fully saturated rings. The van der Waals surface area contributed by atoms with Gasteiger partial charge in [0.15, 0.2) is 0 Å². The number of nitrogens with zero attached hydrogens (tertiary/aromatic N) is 1. The lowest BCUT2D eigenvalue weighted by atomic mass is 9.73. The van der Waals surface area contributed by atoms with Crippen LogP contribution in [0, 0.1) is 24.6 Å². The molecule has 0 aromatic heterocycles. The largest absolute Gasteiger partial charge is 0.385 e. The number of halogens is 1. The summed E-state index contributed by atoms with van der Waals surface area (Å²) in [4.78, 5) is 26.5. The van der Waals surface area contributed by atoms with Gasteiger partial charge in [0.25, 0.3) is 0 Å². The van der Waals surface area contributed by atoms with E-state index in [1.807, 2.05) is 14.0 Å². The van der Waals surface area contributed by atoms with E-state index in [4.69, 9.17) is 0 Å². The molecule has 3 atom stereocenters. The van der Waals surface area contributed by atoms with Crippen LogP contribution >= 0.6 is 0 Å². The molecular weight excluding hydrogens is 471 g/mol. The van der Waals surface area contributed by atoms with Crippen LogP contribution in [0.25, 0.3) is 0 Å². The molecule has 1 heterocycles. The fourth-order valence-corrected chi connectivity index (χ4v) is 6.23. The summed E-state index contributed by atoms with van der Waals surface area (Å²) < 4.78 is 15.1. The SMILES string of the molecule is CNCC(CC1CCCCC1)NC(=O)N1CCC[C@@H]([C@@](O)(CCCNC(C)=O)c2cc(C)ccc2F)C1. The molecule has 1 saturated heterocycles. The van der Waals surface area contributed by atoms with Crippen LogP contribution in [-0.4, -0.2) is 61.2 Å². The summed E-state index contributed by atoms with van der Waals surface area (Å²) in [6.45, 7) is 5.47. The number of benzene rings is 1. The molecule has 208 valence electrons. The molecule has 1 aromatic carbocycles. The van der Waals surface area contributed by atoms with E-state index in [9.17, 15) is 14.7 Å². The second-order valence-corrected chi connectivity index (χ2v) is 11.2. The second-order valence-electron chi connectivity index (χ2n) is 11.2. The number of amides is 3. The van der Waals surface area contributed by atoms with Crippen LogP contribution in [0.15, 0.2) is 18.2 Å². The van der Waals surface area contributed by atoms with Crippen molar-refractivity contribution in [3.63, 3.8) is 0 Å².